The summed E-state index contributed by atoms with van der Waals surface area (Å²) in [5.41, 5.74) is 2.52. The van der Waals surface area contributed by atoms with Crippen LogP contribution in [-0.2, 0) is 9.59 Å². The number of amides is 4. The predicted octanol–water partition coefficient (Wildman–Crippen LogP) is 3.47. The first-order chi connectivity index (χ1) is 15.4. The second-order valence-electron chi connectivity index (χ2n) is 6.31. The summed E-state index contributed by atoms with van der Waals surface area (Å²) >= 11 is 0. The number of carbonyl (C=O) groups is 4. The minimum Gasteiger partial charge on any atom is -0.375 e. The van der Waals surface area contributed by atoms with Gasteiger partial charge in [-0.3, -0.25) is 29.0 Å². The molecule has 0 aliphatic carbocycles. The number of rotatable bonds is 0. The highest BCUT2D eigenvalue weighted by Crippen LogP contribution is 2.20. The van der Waals surface area contributed by atoms with Gasteiger partial charge in [0.25, 0.3) is 11.8 Å². The molecule has 2 aliphatic rings. The first-order valence-electron chi connectivity index (χ1n) is 10.7. The SMILES string of the molecule is CC.CC.CN1C(=O)CNc2ccccc2C1=O.CN1C(=O)CNc2ccccc2C1=O. The van der Waals surface area contributed by atoms with Crippen LogP contribution in [0.1, 0.15) is 48.4 Å². The molecule has 2 aromatic carbocycles. The normalized spacial score (nSPS) is 14.3. The van der Waals surface area contributed by atoms with Crippen LogP contribution in [0.4, 0.5) is 11.4 Å². The van der Waals surface area contributed by atoms with Crippen molar-refractivity contribution in [3.8, 4) is 0 Å². The molecule has 0 aromatic heterocycles. The van der Waals surface area contributed by atoms with Crippen LogP contribution in [0, 0.1) is 0 Å². The Labute approximate surface area is 189 Å². The van der Waals surface area contributed by atoms with Gasteiger partial charge < -0.3 is 10.6 Å². The Balaban J connectivity index is 0.000000277. The van der Waals surface area contributed by atoms with E-state index in [1.165, 1.54) is 14.1 Å². The molecule has 0 bridgehead atoms. The van der Waals surface area contributed by atoms with Crippen molar-refractivity contribution in [2.75, 3.05) is 37.8 Å². The summed E-state index contributed by atoms with van der Waals surface area (Å²) in [4.78, 5) is 48.4. The van der Waals surface area contributed by atoms with Crippen LogP contribution < -0.4 is 10.6 Å². The maximum absolute atomic E-state index is 11.7. The fourth-order valence-corrected chi connectivity index (χ4v) is 2.81. The van der Waals surface area contributed by atoms with E-state index in [0.29, 0.717) is 11.1 Å². The number of anilines is 2. The minimum atomic E-state index is -0.254. The van der Waals surface area contributed by atoms with Crippen LogP contribution in [0.25, 0.3) is 0 Å². The van der Waals surface area contributed by atoms with E-state index in [1.807, 2.05) is 39.8 Å². The number of hydrogen-bond acceptors (Lipinski definition) is 6. The van der Waals surface area contributed by atoms with Crippen molar-refractivity contribution >= 4 is 35.0 Å². The van der Waals surface area contributed by atoms with Gasteiger partial charge in [-0.05, 0) is 24.3 Å². The fourth-order valence-electron chi connectivity index (χ4n) is 2.81. The highest BCUT2D eigenvalue weighted by molar-refractivity contribution is 6.11. The van der Waals surface area contributed by atoms with Crippen LogP contribution >= 0.6 is 0 Å². The zero-order valence-electron chi connectivity index (χ0n) is 19.6. The first-order valence-corrected chi connectivity index (χ1v) is 10.7. The van der Waals surface area contributed by atoms with E-state index < -0.39 is 0 Å². The molecule has 0 spiro atoms. The lowest BCUT2D eigenvalue weighted by molar-refractivity contribution is -0.126. The molecule has 2 aliphatic heterocycles. The van der Waals surface area contributed by atoms with Crippen LogP contribution in [0.3, 0.4) is 0 Å². The van der Waals surface area contributed by atoms with Crippen molar-refractivity contribution in [2.45, 2.75) is 27.7 Å². The molecule has 0 atom stereocenters. The lowest BCUT2D eigenvalue weighted by Crippen LogP contribution is -2.34. The first kappa shape index (κ1) is 26.4. The Morgan fingerprint density at radius 1 is 0.594 bits per heavy atom. The van der Waals surface area contributed by atoms with Gasteiger partial charge in [0.05, 0.1) is 24.2 Å². The van der Waals surface area contributed by atoms with Gasteiger partial charge in [0.15, 0.2) is 0 Å². The molecule has 4 amide bonds. The molecule has 8 nitrogen and oxygen atoms in total. The number of para-hydroxylation sites is 2. The summed E-state index contributed by atoms with van der Waals surface area (Å²) in [7, 11) is 2.99. The molecule has 0 radical (unpaired) electrons. The minimum absolute atomic E-state index is 0.166. The molecule has 4 rings (SSSR count). The van der Waals surface area contributed by atoms with E-state index in [9.17, 15) is 19.2 Å². The van der Waals surface area contributed by atoms with Crippen molar-refractivity contribution in [1.82, 2.24) is 9.80 Å². The Morgan fingerprint density at radius 2 is 0.906 bits per heavy atom. The molecule has 0 saturated carbocycles. The lowest BCUT2D eigenvalue weighted by atomic mass is 10.1. The molecule has 2 N–H and O–H groups in total. The third kappa shape index (κ3) is 6.16. The smallest absolute Gasteiger partial charge is 0.262 e. The number of likely N-dealkylation sites (N-methyl/N-ethyl adjacent to an activating group) is 2. The van der Waals surface area contributed by atoms with Crippen LogP contribution in [-0.4, -0.2) is 60.6 Å². The van der Waals surface area contributed by atoms with Crippen molar-refractivity contribution in [1.29, 1.82) is 0 Å². The monoisotopic (exact) mass is 440 g/mol. The van der Waals surface area contributed by atoms with Crippen molar-refractivity contribution in [3.63, 3.8) is 0 Å². The Bertz CT molecular complexity index is 881. The summed E-state index contributed by atoms with van der Waals surface area (Å²) in [6.45, 7) is 8.33. The maximum Gasteiger partial charge on any atom is 0.262 e. The second kappa shape index (κ2) is 12.9. The van der Waals surface area contributed by atoms with E-state index in [0.717, 1.165) is 21.2 Å². The summed E-state index contributed by atoms with van der Waals surface area (Å²) in [5.74, 6) is -0.941. The quantitative estimate of drug-likeness (QED) is 0.609. The van der Waals surface area contributed by atoms with Crippen molar-refractivity contribution in [3.05, 3.63) is 59.7 Å². The number of hydrogen-bond donors (Lipinski definition) is 2. The van der Waals surface area contributed by atoms with E-state index in [-0.39, 0.29) is 36.7 Å². The highest BCUT2D eigenvalue weighted by atomic mass is 16.2. The standard InChI is InChI=1S/2C10H10N2O2.2C2H6/c2*1-12-9(13)6-11-8-5-3-2-4-7(8)10(12)14;2*1-2/h2*2-5,11H,6H2,1H3;2*1-2H3. The van der Waals surface area contributed by atoms with Gasteiger partial charge in [-0.15, -0.1) is 0 Å². The van der Waals surface area contributed by atoms with Crippen LogP contribution in [0.15, 0.2) is 48.5 Å². The van der Waals surface area contributed by atoms with E-state index >= 15 is 0 Å². The van der Waals surface area contributed by atoms with Gasteiger partial charge >= 0.3 is 0 Å². The second-order valence-corrected chi connectivity index (χ2v) is 6.31. The summed E-state index contributed by atoms with van der Waals surface area (Å²) < 4.78 is 0. The summed E-state index contributed by atoms with van der Waals surface area (Å²) in [6, 6.07) is 14.2. The van der Waals surface area contributed by atoms with Crippen LogP contribution in [0.5, 0.6) is 0 Å². The van der Waals surface area contributed by atoms with E-state index in [4.69, 9.17) is 0 Å². The molecule has 0 unspecified atom stereocenters. The molecule has 172 valence electrons. The van der Waals surface area contributed by atoms with Gasteiger partial charge in [0.1, 0.15) is 0 Å². The Hall–Kier alpha value is -3.68. The number of benzene rings is 2. The molecule has 0 saturated heterocycles. The molecule has 2 aromatic rings. The third-order valence-corrected chi connectivity index (χ3v) is 4.53. The average Bonchev–Trinajstić information content (AvgIpc) is 3.03. The Kier molecular flexibility index (Phi) is 10.6. The molecule has 32 heavy (non-hydrogen) atoms. The van der Waals surface area contributed by atoms with Gasteiger partial charge in [-0.1, -0.05) is 52.0 Å². The van der Waals surface area contributed by atoms with E-state index in [2.05, 4.69) is 10.6 Å². The van der Waals surface area contributed by atoms with Gasteiger partial charge in [0.2, 0.25) is 11.8 Å². The topological polar surface area (TPSA) is 98.8 Å². The van der Waals surface area contributed by atoms with Crippen molar-refractivity contribution < 1.29 is 19.2 Å². The van der Waals surface area contributed by atoms with Crippen molar-refractivity contribution in [2.24, 2.45) is 0 Å². The largest absolute Gasteiger partial charge is 0.375 e. The molecular weight excluding hydrogens is 408 g/mol. The zero-order valence-corrected chi connectivity index (χ0v) is 19.6. The lowest BCUT2D eigenvalue weighted by Gasteiger charge is -2.10. The van der Waals surface area contributed by atoms with Gasteiger partial charge in [-0.2, -0.15) is 0 Å². The molecule has 0 fully saturated rings. The highest BCUT2D eigenvalue weighted by Gasteiger charge is 2.25. The zero-order chi connectivity index (χ0) is 24.3. The van der Waals surface area contributed by atoms with E-state index in [1.54, 1.807) is 36.4 Å². The number of fused-ring (bicyclic) bond motifs is 2. The summed E-state index contributed by atoms with van der Waals surface area (Å²) in [5, 5.41) is 5.85. The van der Waals surface area contributed by atoms with Crippen LogP contribution in [0.2, 0.25) is 0 Å². The molecule has 2 heterocycles. The molecule has 8 heteroatoms. The number of nitrogens with zero attached hydrogens (tertiary/aromatic N) is 2. The predicted molar refractivity (Wildman–Crippen MR) is 127 cm³/mol. The van der Waals surface area contributed by atoms with Gasteiger partial charge in [0, 0.05) is 25.5 Å². The Morgan fingerprint density at radius 3 is 1.25 bits per heavy atom. The van der Waals surface area contributed by atoms with Gasteiger partial charge in [-0.25, -0.2) is 0 Å². The average molecular weight is 441 g/mol. The number of nitrogens with one attached hydrogen (secondary N) is 2. The molecular formula is C24H32N4O4. The maximum atomic E-state index is 11.7. The fraction of sp³-hybridized carbons (Fsp3) is 0.333. The number of imide groups is 2. The third-order valence-electron chi connectivity index (χ3n) is 4.53. The summed E-state index contributed by atoms with van der Waals surface area (Å²) in [6.07, 6.45) is 0. The number of carbonyl (C=O) groups excluding carboxylic acids is 4.